The van der Waals surface area contributed by atoms with Crippen molar-refractivity contribution in [2.75, 3.05) is 62.3 Å². The van der Waals surface area contributed by atoms with E-state index in [1.807, 2.05) is 25.4 Å². The highest BCUT2D eigenvalue weighted by molar-refractivity contribution is 7.70. The van der Waals surface area contributed by atoms with Gasteiger partial charge in [-0.05, 0) is 45.2 Å². The van der Waals surface area contributed by atoms with E-state index < -0.39 is 13.0 Å². The van der Waals surface area contributed by atoms with Gasteiger partial charge in [0.15, 0.2) is 11.6 Å². The van der Waals surface area contributed by atoms with Gasteiger partial charge in [0, 0.05) is 55.4 Å². The molecule has 12 nitrogen and oxygen atoms in total. The van der Waals surface area contributed by atoms with Crippen LogP contribution in [0.4, 0.5) is 44.6 Å². The number of anilines is 5. The molecule has 1 fully saturated rings. The van der Waals surface area contributed by atoms with Crippen LogP contribution in [0.1, 0.15) is 6.92 Å². The first kappa shape index (κ1) is 30.8. The van der Waals surface area contributed by atoms with Crippen LogP contribution in [0, 0.1) is 5.82 Å². The minimum atomic E-state index is -2.92. The van der Waals surface area contributed by atoms with Gasteiger partial charge in [0.25, 0.3) is 0 Å². The maximum atomic E-state index is 15.1. The zero-order valence-electron chi connectivity index (χ0n) is 25.3. The lowest BCUT2D eigenvalue weighted by Crippen LogP contribution is -2.36. The maximum Gasteiger partial charge on any atom is 0.229 e. The Bertz CT molecular complexity index is 1760. The second-order valence-electron chi connectivity index (χ2n) is 10.4. The van der Waals surface area contributed by atoms with Crippen LogP contribution in [0.5, 0.6) is 5.75 Å². The van der Waals surface area contributed by atoms with Crippen molar-refractivity contribution in [2.45, 2.75) is 6.92 Å². The fourth-order valence-electron chi connectivity index (χ4n) is 5.06. The molecule has 3 heterocycles. The van der Waals surface area contributed by atoms with Crippen LogP contribution < -0.4 is 25.6 Å². The van der Waals surface area contributed by atoms with Gasteiger partial charge in [-0.1, -0.05) is 0 Å². The minimum absolute atomic E-state index is 0.112. The zero-order valence-corrected chi connectivity index (χ0v) is 26.2. The number of nitrogens with zero attached hydrogens (tertiary/aromatic N) is 7. The molecule has 0 bridgehead atoms. The highest BCUT2D eigenvalue weighted by Gasteiger charge is 2.25. The SMILES string of the molecule is C=Nc1ccc(Nc2nc(Nc3cc(-c4cnn(C)c4)c(N4CCOCC4)cc3OC)ncc2F)c(P(C)(C)=O)c1/N=C\C. The smallest absolute Gasteiger partial charge is 0.229 e. The van der Waals surface area contributed by atoms with Crippen molar-refractivity contribution in [1.82, 2.24) is 19.7 Å². The molecule has 2 N–H and O–H groups in total. The van der Waals surface area contributed by atoms with E-state index in [1.165, 1.54) is 0 Å². The van der Waals surface area contributed by atoms with Gasteiger partial charge in [0.05, 0.1) is 55.1 Å². The van der Waals surface area contributed by atoms with Gasteiger partial charge in [0.2, 0.25) is 5.95 Å². The number of aliphatic imine (C=N–C) groups is 2. The molecule has 230 valence electrons. The van der Waals surface area contributed by atoms with Crippen LogP contribution in [0.2, 0.25) is 0 Å². The van der Waals surface area contributed by atoms with Crippen molar-refractivity contribution < 1.29 is 18.4 Å². The first-order valence-corrected chi connectivity index (χ1v) is 16.5. The quantitative estimate of drug-likeness (QED) is 0.171. The fourth-order valence-corrected chi connectivity index (χ4v) is 6.45. The summed E-state index contributed by atoms with van der Waals surface area (Å²) in [5, 5.41) is 11.0. The molecule has 0 radical (unpaired) electrons. The summed E-state index contributed by atoms with van der Waals surface area (Å²) < 4.78 is 41.6. The van der Waals surface area contributed by atoms with Crippen molar-refractivity contribution in [3.63, 3.8) is 0 Å². The predicted molar refractivity (Wildman–Crippen MR) is 175 cm³/mol. The van der Waals surface area contributed by atoms with E-state index in [4.69, 9.17) is 9.47 Å². The molecule has 1 saturated heterocycles. The van der Waals surface area contributed by atoms with Crippen molar-refractivity contribution in [3.8, 4) is 16.9 Å². The van der Waals surface area contributed by atoms with Gasteiger partial charge in [-0.2, -0.15) is 10.1 Å². The second kappa shape index (κ2) is 12.9. The molecule has 0 unspecified atom stereocenters. The Hall–Kier alpha value is -4.61. The number of hydrogen-bond acceptors (Lipinski definition) is 11. The van der Waals surface area contributed by atoms with E-state index in [2.05, 4.69) is 47.3 Å². The van der Waals surface area contributed by atoms with Crippen molar-refractivity contribution in [1.29, 1.82) is 0 Å². The highest BCUT2D eigenvalue weighted by Crippen LogP contribution is 2.46. The van der Waals surface area contributed by atoms with Crippen LogP contribution >= 0.6 is 7.14 Å². The molecule has 1 aliphatic rings. The normalized spacial score (nSPS) is 13.7. The molecule has 0 saturated carbocycles. The van der Waals surface area contributed by atoms with Crippen LogP contribution in [0.25, 0.3) is 11.1 Å². The topological polar surface area (TPSA) is 131 Å². The van der Waals surface area contributed by atoms with E-state index in [-0.39, 0.29) is 11.8 Å². The van der Waals surface area contributed by atoms with Crippen LogP contribution in [-0.4, -0.2) is 79.4 Å². The Morgan fingerprint density at radius 2 is 1.93 bits per heavy atom. The van der Waals surface area contributed by atoms with Crippen molar-refractivity contribution >= 4 is 65.6 Å². The molecule has 2 aromatic carbocycles. The summed E-state index contributed by atoms with van der Waals surface area (Å²) in [6.45, 7) is 11.3. The Morgan fingerprint density at radius 3 is 2.57 bits per heavy atom. The first-order valence-electron chi connectivity index (χ1n) is 13.9. The van der Waals surface area contributed by atoms with E-state index in [0.717, 1.165) is 36.1 Å². The Labute approximate surface area is 255 Å². The fraction of sp³-hybridized carbons (Fsp3) is 0.300. The first-order chi connectivity index (χ1) is 21.1. The van der Waals surface area contributed by atoms with E-state index in [9.17, 15) is 4.57 Å². The molecule has 2 aromatic heterocycles. The lowest BCUT2D eigenvalue weighted by molar-refractivity contribution is 0.122. The lowest BCUT2D eigenvalue weighted by atomic mass is 10.0. The van der Waals surface area contributed by atoms with E-state index >= 15 is 4.39 Å². The second-order valence-corrected chi connectivity index (χ2v) is 13.6. The number of aromatic nitrogens is 4. The predicted octanol–water partition coefficient (Wildman–Crippen LogP) is 5.65. The molecular weight excluding hydrogens is 584 g/mol. The molecule has 0 atom stereocenters. The van der Waals surface area contributed by atoms with E-state index in [1.54, 1.807) is 56.6 Å². The number of hydrogen-bond donors (Lipinski definition) is 2. The van der Waals surface area contributed by atoms with Crippen LogP contribution in [0.15, 0.2) is 52.8 Å². The molecule has 5 rings (SSSR count). The Morgan fingerprint density at radius 1 is 1.16 bits per heavy atom. The number of methoxy groups -OCH3 is 1. The minimum Gasteiger partial charge on any atom is -0.494 e. The zero-order chi connectivity index (χ0) is 31.4. The molecular formula is C30H35FN9O3P. The van der Waals surface area contributed by atoms with Gasteiger partial charge >= 0.3 is 0 Å². The number of nitrogens with one attached hydrogen (secondary N) is 2. The number of morpholine rings is 1. The van der Waals surface area contributed by atoms with Gasteiger partial charge in [-0.25, -0.2) is 9.37 Å². The largest absolute Gasteiger partial charge is 0.494 e. The summed E-state index contributed by atoms with van der Waals surface area (Å²) in [4.78, 5) is 19.3. The molecule has 0 spiro atoms. The van der Waals surface area contributed by atoms with E-state index in [0.29, 0.717) is 47.0 Å². The monoisotopic (exact) mass is 619 g/mol. The third-order valence-electron chi connectivity index (χ3n) is 7.03. The molecule has 0 amide bonds. The summed E-state index contributed by atoms with van der Waals surface area (Å²) in [6.07, 6.45) is 6.38. The molecule has 1 aliphatic heterocycles. The summed E-state index contributed by atoms with van der Waals surface area (Å²) in [7, 11) is 0.523. The third-order valence-corrected chi connectivity index (χ3v) is 8.56. The molecule has 44 heavy (non-hydrogen) atoms. The average Bonchev–Trinajstić information content (AvgIpc) is 3.44. The molecule has 0 aliphatic carbocycles. The number of rotatable bonds is 10. The standard InChI is InChI=1S/C30H35FN9O3P/c1-7-33-27-22(32-2)8-9-23(28(27)44(5,6)41)36-29-21(31)17-34-30(38-29)37-24-14-20(19-16-35-39(3)18-19)25(15-26(24)42-4)40-10-12-43-13-11-40/h7-9,14-18H,2,10-13H2,1,3-6H3,(H2,34,36,37,38)/b33-7-. The number of aryl methyl sites for hydroxylation is 1. The molecule has 14 heteroatoms. The van der Waals surface area contributed by atoms with Gasteiger partial charge in [0.1, 0.15) is 18.6 Å². The van der Waals surface area contributed by atoms with Crippen molar-refractivity contribution in [2.24, 2.45) is 17.0 Å². The Balaban J connectivity index is 1.55. The van der Waals surface area contributed by atoms with Crippen LogP contribution in [0.3, 0.4) is 0 Å². The van der Waals surface area contributed by atoms with Gasteiger partial charge in [-0.15, -0.1) is 0 Å². The number of halogens is 1. The summed E-state index contributed by atoms with van der Waals surface area (Å²) in [6, 6.07) is 7.24. The highest BCUT2D eigenvalue weighted by atomic mass is 31.2. The number of benzene rings is 2. The van der Waals surface area contributed by atoms with Gasteiger partial charge < -0.3 is 29.6 Å². The summed E-state index contributed by atoms with van der Waals surface area (Å²) in [5.41, 5.74) is 4.66. The molecule has 4 aromatic rings. The van der Waals surface area contributed by atoms with Crippen molar-refractivity contribution in [3.05, 3.63) is 48.7 Å². The van der Waals surface area contributed by atoms with Crippen LogP contribution in [-0.2, 0) is 16.3 Å². The van der Waals surface area contributed by atoms with Gasteiger partial charge in [-0.3, -0.25) is 14.7 Å². The maximum absolute atomic E-state index is 15.1. The number of ether oxygens (including phenoxy) is 2. The summed E-state index contributed by atoms with van der Waals surface area (Å²) in [5.74, 6) is -0.131. The lowest BCUT2D eigenvalue weighted by Gasteiger charge is -2.31. The summed E-state index contributed by atoms with van der Waals surface area (Å²) >= 11 is 0. The average molecular weight is 620 g/mol. The Kier molecular flexibility index (Phi) is 9.07. The third kappa shape index (κ3) is 6.48.